The molecule has 1 aliphatic carbocycles. The predicted molar refractivity (Wildman–Crippen MR) is 115 cm³/mol. The van der Waals surface area contributed by atoms with Gasteiger partial charge in [-0.2, -0.15) is 0 Å². The number of carbonyl (C=O) groups is 2. The Labute approximate surface area is 171 Å². The van der Waals surface area contributed by atoms with E-state index in [2.05, 4.69) is 25.2 Å². The fourth-order valence-corrected chi connectivity index (χ4v) is 4.28. The molecule has 5 nitrogen and oxygen atoms in total. The molecule has 1 heterocycles. The fourth-order valence-electron chi connectivity index (χ4n) is 4.28. The molecule has 0 unspecified atom stereocenters. The van der Waals surface area contributed by atoms with E-state index in [0.29, 0.717) is 11.6 Å². The van der Waals surface area contributed by atoms with E-state index >= 15 is 0 Å². The summed E-state index contributed by atoms with van der Waals surface area (Å²) in [5.74, 6) is 0.0508. The second-order valence-electron chi connectivity index (χ2n) is 8.24. The highest BCUT2D eigenvalue weighted by atomic mass is 16.2. The molecule has 0 saturated heterocycles. The number of amides is 2. The Kier molecular flexibility index (Phi) is 5.22. The van der Waals surface area contributed by atoms with Crippen LogP contribution in [0.3, 0.4) is 0 Å². The van der Waals surface area contributed by atoms with Crippen molar-refractivity contribution in [1.29, 1.82) is 0 Å². The summed E-state index contributed by atoms with van der Waals surface area (Å²) in [6.07, 6.45) is 3.66. The number of nitrogens with one attached hydrogen (secondary N) is 1. The van der Waals surface area contributed by atoms with Gasteiger partial charge < -0.3 is 10.2 Å². The van der Waals surface area contributed by atoms with Crippen LogP contribution in [-0.4, -0.2) is 34.6 Å². The van der Waals surface area contributed by atoms with Crippen molar-refractivity contribution in [2.45, 2.75) is 51.1 Å². The topological polar surface area (TPSA) is 61.8 Å². The summed E-state index contributed by atoms with van der Waals surface area (Å²) in [4.78, 5) is 32.6. The van der Waals surface area contributed by atoms with Crippen molar-refractivity contribution in [3.63, 3.8) is 0 Å². The first kappa shape index (κ1) is 19.4. The molecule has 2 aromatic carbocycles. The standard InChI is InChI=1S/C24H27N3O2/c1-17(2)19-11-8-12-20(15-19)25-21(28)16-27-23(29)22(18-9-4-3-5-10-18)26-24(27)13-6-7-14-24/h3-5,8-12,15,17H,6-7,13-14,16H2,1-2H3,(H,25,28). The Bertz CT molecular complexity index is 944. The third-order valence-electron chi connectivity index (χ3n) is 5.86. The van der Waals surface area contributed by atoms with Gasteiger partial charge in [0.05, 0.1) is 0 Å². The van der Waals surface area contributed by atoms with Crippen molar-refractivity contribution in [2.75, 3.05) is 11.9 Å². The van der Waals surface area contributed by atoms with Crippen molar-refractivity contribution in [3.05, 3.63) is 65.7 Å². The average molecular weight is 389 g/mol. The van der Waals surface area contributed by atoms with Gasteiger partial charge in [0.15, 0.2) is 0 Å². The van der Waals surface area contributed by atoms with Crippen molar-refractivity contribution >= 4 is 23.2 Å². The molecular weight excluding hydrogens is 362 g/mol. The van der Waals surface area contributed by atoms with Gasteiger partial charge in [0.1, 0.15) is 17.9 Å². The molecule has 2 aliphatic rings. The zero-order valence-electron chi connectivity index (χ0n) is 17.0. The quantitative estimate of drug-likeness (QED) is 0.826. The summed E-state index contributed by atoms with van der Waals surface area (Å²) in [7, 11) is 0. The maximum atomic E-state index is 13.2. The normalized spacial score (nSPS) is 17.8. The van der Waals surface area contributed by atoms with Gasteiger partial charge in [-0.05, 0) is 49.3 Å². The molecule has 1 aliphatic heterocycles. The lowest BCUT2D eigenvalue weighted by Gasteiger charge is -2.32. The van der Waals surface area contributed by atoms with Crippen LogP contribution in [0.15, 0.2) is 59.6 Å². The number of nitrogens with zero attached hydrogens (tertiary/aromatic N) is 2. The first-order valence-electron chi connectivity index (χ1n) is 10.4. The van der Waals surface area contributed by atoms with Crippen LogP contribution in [-0.2, 0) is 9.59 Å². The second-order valence-corrected chi connectivity index (χ2v) is 8.24. The fraction of sp³-hybridized carbons (Fsp3) is 0.375. The van der Waals surface area contributed by atoms with Crippen molar-refractivity contribution in [2.24, 2.45) is 4.99 Å². The number of carbonyl (C=O) groups excluding carboxylic acids is 2. The Hall–Kier alpha value is -2.95. The Morgan fingerprint density at radius 1 is 1.10 bits per heavy atom. The number of benzene rings is 2. The van der Waals surface area contributed by atoms with Crippen LogP contribution in [0, 0.1) is 0 Å². The van der Waals surface area contributed by atoms with Crippen LogP contribution >= 0.6 is 0 Å². The lowest BCUT2D eigenvalue weighted by molar-refractivity contribution is -0.132. The van der Waals surface area contributed by atoms with E-state index in [9.17, 15) is 9.59 Å². The monoisotopic (exact) mass is 389 g/mol. The van der Waals surface area contributed by atoms with Gasteiger partial charge in [-0.25, -0.2) is 0 Å². The van der Waals surface area contributed by atoms with E-state index in [1.165, 1.54) is 5.56 Å². The van der Waals surface area contributed by atoms with Gasteiger partial charge in [-0.15, -0.1) is 0 Å². The van der Waals surface area contributed by atoms with Gasteiger partial charge in [0, 0.05) is 11.3 Å². The molecule has 150 valence electrons. The molecule has 0 radical (unpaired) electrons. The molecule has 0 bridgehead atoms. The number of rotatable bonds is 5. The van der Waals surface area contributed by atoms with E-state index in [-0.39, 0.29) is 18.4 Å². The van der Waals surface area contributed by atoms with E-state index < -0.39 is 5.66 Å². The molecule has 29 heavy (non-hydrogen) atoms. The maximum Gasteiger partial charge on any atom is 0.275 e. The van der Waals surface area contributed by atoms with Crippen LogP contribution in [0.5, 0.6) is 0 Å². The third-order valence-corrected chi connectivity index (χ3v) is 5.86. The Morgan fingerprint density at radius 3 is 2.52 bits per heavy atom. The van der Waals surface area contributed by atoms with E-state index in [1.807, 2.05) is 48.5 Å². The SMILES string of the molecule is CC(C)c1cccc(NC(=O)CN2C(=O)C(c3ccccc3)=NC23CCCC3)c1. The third kappa shape index (κ3) is 3.82. The van der Waals surface area contributed by atoms with E-state index in [4.69, 9.17) is 4.99 Å². The molecular formula is C24H27N3O2. The molecule has 5 heteroatoms. The highest BCUT2D eigenvalue weighted by Gasteiger charge is 2.49. The summed E-state index contributed by atoms with van der Waals surface area (Å²) in [6, 6.07) is 17.4. The molecule has 1 spiro atoms. The highest BCUT2D eigenvalue weighted by molar-refractivity contribution is 6.47. The molecule has 2 amide bonds. The molecule has 0 atom stereocenters. The van der Waals surface area contributed by atoms with E-state index in [1.54, 1.807) is 4.90 Å². The maximum absolute atomic E-state index is 13.2. The van der Waals surface area contributed by atoms with Gasteiger partial charge in [0.25, 0.3) is 5.91 Å². The largest absolute Gasteiger partial charge is 0.325 e. The molecule has 1 fully saturated rings. The van der Waals surface area contributed by atoms with Crippen LogP contribution in [0.2, 0.25) is 0 Å². The number of hydrogen-bond acceptors (Lipinski definition) is 3. The molecule has 1 saturated carbocycles. The minimum atomic E-state index is -0.570. The van der Waals surface area contributed by atoms with Crippen molar-refractivity contribution in [1.82, 2.24) is 4.90 Å². The first-order chi connectivity index (χ1) is 14.0. The van der Waals surface area contributed by atoms with Gasteiger partial charge in [0.2, 0.25) is 5.91 Å². The summed E-state index contributed by atoms with van der Waals surface area (Å²) in [6.45, 7) is 4.26. The van der Waals surface area contributed by atoms with Crippen LogP contribution in [0.25, 0.3) is 0 Å². The molecule has 0 aromatic heterocycles. The zero-order chi connectivity index (χ0) is 20.4. The van der Waals surface area contributed by atoms with E-state index in [0.717, 1.165) is 36.9 Å². The number of aliphatic imine (C=N–C) groups is 1. The Balaban J connectivity index is 1.54. The van der Waals surface area contributed by atoms with Crippen molar-refractivity contribution in [3.8, 4) is 0 Å². The lowest BCUT2D eigenvalue weighted by atomic mass is 10.0. The highest BCUT2D eigenvalue weighted by Crippen LogP contribution is 2.41. The van der Waals surface area contributed by atoms with Crippen LogP contribution in [0.4, 0.5) is 5.69 Å². The summed E-state index contributed by atoms with van der Waals surface area (Å²) >= 11 is 0. The van der Waals surface area contributed by atoms with Gasteiger partial charge in [-0.3, -0.25) is 14.6 Å². The second kappa shape index (κ2) is 7.82. The lowest BCUT2D eigenvalue weighted by Crippen LogP contribution is -2.48. The zero-order valence-corrected chi connectivity index (χ0v) is 17.0. The summed E-state index contributed by atoms with van der Waals surface area (Å²) < 4.78 is 0. The molecule has 4 rings (SSSR count). The smallest absolute Gasteiger partial charge is 0.275 e. The van der Waals surface area contributed by atoms with Crippen molar-refractivity contribution < 1.29 is 9.59 Å². The van der Waals surface area contributed by atoms with Gasteiger partial charge in [-0.1, -0.05) is 56.3 Å². The first-order valence-corrected chi connectivity index (χ1v) is 10.4. The minimum absolute atomic E-state index is 0.0184. The summed E-state index contributed by atoms with van der Waals surface area (Å²) in [5.41, 5.74) is 2.65. The summed E-state index contributed by atoms with van der Waals surface area (Å²) in [5, 5.41) is 2.96. The molecule has 1 N–H and O–H groups in total. The van der Waals surface area contributed by atoms with Crippen LogP contribution < -0.4 is 5.32 Å². The predicted octanol–water partition coefficient (Wildman–Crippen LogP) is 4.35. The van der Waals surface area contributed by atoms with Gasteiger partial charge >= 0.3 is 0 Å². The number of hydrogen-bond donors (Lipinski definition) is 1. The minimum Gasteiger partial charge on any atom is -0.325 e. The average Bonchev–Trinajstić information content (AvgIpc) is 3.29. The number of anilines is 1. The molecule has 2 aromatic rings. The van der Waals surface area contributed by atoms with Crippen LogP contribution in [0.1, 0.15) is 56.6 Å². The Morgan fingerprint density at radius 2 is 1.83 bits per heavy atom.